The van der Waals surface area contributed by atoms with Crippen LogP contribution >= 0.6 is 15.9 Å². The van der Waals surface area contributed by atoms with E-state index < -0.39 is 0 Å². The normalized spacial score (nSPS) is 23.9. The lowest BCUT2D eigenvalue weighted by atomic mass is 10.1. The number of rotatable bonds is 2. The fourth-order valence-electron chi connectivity index (χ4n) is 3.18. The van der Waals surface area contributed by atoms with Gasteiger partial charge in [0, 0.05) is 48.3 Å². The topological polar surface area (TPSA) is 49.6 Å². The molecule has 0 aliphatic carbocycles. The maximum atomic E-state index is 11.7. The van der Waals surface area contributed by atoms with E-state index in [1.807, 2.05) is 11.8 Å². The summed E-state index contributed by atoms with van der Waals surface area (Å²) in [6.45, 7) is 4.68. The molecule has 2 aliphatic heterocycles. The minimum Gasteiger partial charge on any atom is -0.368 e. The fourth-order valence-corrected chi connectivity index (χ4v) is 3.91. The minimum atomic E-state index is 0.0303. The summed E-state index contributed by atoms with van der Waals surface area (Å²) >= 11 is 3.61. The van der Waals surface area contributed by atoms with Crippen LogP contribution in [0.1, 0.15) is 31.4 Å². The lowest BCUT2D eigenvalue weighted by molar-refractivity contribution is -0.129. The van der Waals surface area contributed by atoms with Crippen LogP contribution in [0.15, 0.2) is 22.7 Å². The quantitative estimate of drug-likeness (QED) is 0.900. The summed E-state index contributed by atoms with van der Waals surface area (Å²) in [5.41, 5.74) is 8.28. The first-order valence-corrected chi connectivity index (χ1v) is 7.95. The number of hydrogen-bond acceptors (Lipinski definition) is 3. The Morgan fingerprint density at radius 3 is 2.90 bits per heavy atom. The van der Waals surface area contributed by atoms with Crippen molar-refractivity contribution in [2.24, 2.45) is 5.73 Å². The first kappa shape index (κ1) is 13.9. The Kier molecular flexibility index (Phi) is 3.73. The lowest BCUT2D eigenvalue weighted by Gasteiger charge is -2.39. The molecule has 4 nitrogen and oxygen atoms in total. The van der Waals surface area contributed by atoms with Crippen molar-refractivity contribution in [3.05, 3.63) is 28.2 Å². The molecular weight excluding hydrogens is 318 g/mol. The number of nitrogens with two attached hydrogens (primary N) is 1. The second-order valence-electron chi connectivity index (χ2n) is 5.72. The summed E-state index contributed by atoms with van der Waals surface area (Å²) < 4.78 is 1.06. The number of benzene rings is 1. The largest absolute Gasteiger partial charge is 0.368 e. The van der Waals surface area contributed by atoms with E-state index in [2.05, 4.69) is 39.0 Å². The molecule has 0 bridgehead atoms. The van der Waals surface area contributed by atoms with Gasteiger partial charge in [0.05, 0.1) is 0 Å². The highest BCUT2D eigenvalue weighted by molar-refractivity contribution is 9.10. The predicted octanol–water partition coefficient (Wildman–Crippen LogP) is 2.28. The Labute approximate surface area is 128 Å². The number of amides is 1. The number of hydrogen-bond donors (Lipinski definition) is 1. The van der Waals surface area contributed by atoms with E-state index in [0.29, 0.717) is 18.4 Å². The number of carbonyl (C=O) groups is 1. The van der Waals surface area contributed by atoms with Gasteiger partial charge in [-0.25, -0.2) is 0 Å². The van der Waals surface area contributed by atoms with Crippen LogP contribution in [-0.2, 0) is 4.79 Å². The number of carbonyl (C=O) groups excluding carboxylic acids is 1. The van der Waals surface area contributed by atoms with Crippen LogP contribution in [0.4, 0.5) is 5.69 Å². The van der Waals surface area contributed by atoms with Gasteiger partial charge >= 0.3 is 0 Å². The third kappa shape index (κ3) is 2.44. The van der Waals surface area contributed by atoms with Crippen LogP contribution in [0, 0.1) is 0 Å². The smallest absolute Gasteiger partial charge is 0.223 e. The van der Waals surface area contributed by atoms with E-state index in [1.54, 1.807) is 0 Å². The van der Waals surface area contributed by atoms with Gasteiger partial charge in [-0.3, -0.25) is 4.79 Å². The molecular formula is C15H20BrN3O. The molecule has 1 amide bonds. The number of piperazine rings is 1. The number of nitrogens with zero attached hydrogens (tertiary/aromatic N) is 2. The molecule has 2 aliphatic rings. The molecule has 108 valence electrons. The van der Waals surface area contributed by atoms with Gasteiger partial charge in [0.2, 0.25) is 5.91 Å². The van der Waals surface area contributed by atoms with Crippen molar-refractivity contribution in [3.63, 3.8) is 0 Å². The molecule has 0 aromatic heterocycles. The van der Waals surface area contributed by atoms with Crippen LogP contribution in [-0.4, -0.2) is 36.5 Å². The monoisotopic (exact) mass is 337 g/mol. The van der Waals surface area contributed by atoms with Gasteiger partial charge < -0.3 is 15.5 Å². The van der Waals surface area contributed by atoms with Crippen LogP contribution in [0.25, 0.3) is 0 Å². The van der Waals surface area contributed by atoms with E-state index in [-0.39, 0.29) is 6.04 Å². The van der Waals surface area contributed by atoms with Crippen molar-refractivity contribution >= 4 is 27.5 Å². The second-order valence-corrected chi connectivity index (χ2v) is 6.57. The Morgan fingerprint density at radius 2 is 2.20 bits per heavy atom. The number of fused-ring (bicyclic) bond motifs is 1. The Morgan fingerprint density at radius 1 is 1.40 bits per heavy atom. The van der Waals surface area contributed by atoms with Gasteiger partial charge in [0.25, 0.3) is 0 Å². The molecule has 1 aromatic rings. The summed E-state index contributed by atoms with van der Waals surface area (Å²) in [5.74, 6) is 0.322. The van der Waals surface area contributed by atoms with Gasteiger partial charge in [0.15, 0.2) is 0 Å². The summed E-state index contributed by atoms with van der Waals surface area (Å²) in [6.07, 6.45) is 1.71. The Balaban J connectivity index is 1.77. The molecule has 2 saturated heterocycles. The molecule has 5 heteroatoms. The molecule has 3 rings (SSSR count). The zero-order valence-corrected chi connectivity index (χ0v) is 13.3. The summed E-state index contributed by atoms with van der Waals surface area (Å²) in [6, 6.07) is 6.79. The molecule has 0 radical (unpaired) electrons. The molecule has 0 spiro atoms. The van der Waals surface area contributed by atoms with Crippen molar-refractivity contribution in [1.82, 2.24) is 4.90 Å². The van der Waals surface area contributed by atoms with Gasteiger partial charge in [-0.1, -0.05) is 22.0 Å². The summed E-state index contributed by atoms with van der Waals surface area (Å²) in [4.78, 5) is 16.1. The van der Waals surface area contributed by atoms with Crippen LogP contribution in [0.2, 0.25) is 0 Å². The third-order valence-electron chi connectivity index (χ3n) is 4.33. The van der Waals surface area contributed by atoms with Crippen LogP contribution in [0.3, 0.4) is 0 Å². The highest BCUT2D eigenvalue weighted by atomic mass is 79.9. The highest BCUT2D eigenvalue weighted by Crippen LogP contribution is 2.30. The maximum absolute atomic E-state index is 11.7. The minimum absolute atomic E-state index is 0.0303. The van der Waals surface area contributed by atoms with E-state index in [1.165, 1.54) is 5.69 Å². The molecule has 2 atom stereocenters. The van der Waals surface area contributed by atoms with Crippen LogP contribution < -0.4 is 10.6 Å². The van der Waals surface area contributed by atoms with E-state index in [0.717, 1.165) is 36.1 Å². The van der Waals surface area contributed by atoms with Gasteiger partial charge in [0.1, 0.15) is 0 Å². The van der Waals surface area contributed by atoms with Crippen molar-refractivity contribution < 1.29 is 4.79 Å². The Hall–Kier alpha value is -1.07. The van der Waals surface area contributed by atoms with Crippen molar-refractivity contribution in [2.75, 3.05) is 24.5 Å². The van der Waals surface area contributed by atoms with Gasteiger partial charge in [-0.2, -0.15) is 0 Å². The SMILES string of the molecule is CC(N)c1ccc(N2CCN3C(=O)CCC3C2)cc1Br. The predicted molar refractivity (Wildman–Crippen MR) is 83.7 cm³/mol. The average Bonchev–Trinajstić information content (AvgIpc) is 2.79. The molecule has 2 N–H and O–H groups in total. The fraction of sp³-hybridized carbons (Fsp3) is 0.533. The summed E-state index contributed by atoms with van der Waals surface area (Å²) in [7, 11) is 0. The zero-order chi connectivity index (χ0) is 14.3. The van der Waals surface area contributed by atoms with Crippen molar-refractivity contribution in [3.8, 4) is 0 Å². The van der Waals surface area contributed by atoms with Crippen LogP contribution in [0.5, 0.6) is 0 Å². The molecule has 1 aromatic carbocycles. The molecule has 2 heterocycles. The second kappa shape index (κ2) is 5.37. The first-order chi connectivity index (χ1) is 9.56. The van der Waals surface area contributed by atoms with E-state index >= 15 is 0 Å². The van der Waals surface area contributed by atoms with Gasteiger partial charge in [-0.15, -0.1) is 0 Å². The standard InChI is InChI=1S/C15H20BrN3O/c1-10(17)13-4-2-11(8-14(13)16)18-6-7-19-12(9-18)3-5-15(19)20/h2,4,8,10,12H,3,5-7,9,17H2,1H3. The van der Waals surface area contributed by atoms with Crippen molar-refractivity contribution in [1.29, 1.82) is 0 Å². The molecule has 2 unspecified atom stereocenters. The summed E-state index contributed by atoms with van der Waals surface area (Å²) in [5, 5.41) is 0. The molecule has 0 saturated carbocycles. The first-order valence-electron chi connectivity index (χ1n) is 7.15. The lowest BCUT2D eigenvalue weighted by Crippen LogP contribution is -2.51. The van der Waals surface area contributed by atoms with E-state index in [4.69, 9.17) is 5.73 Å². The highest BCUT2D eigenvalue weighted by Gasteiger charge is 2.35. The Bertz CT molecular complexity index is 532. The third-order valence-corrected chi connectivity index (χ3v) is 5.02. The molecule has 20 heavy (non-hydrogen) atoms. The van der Waals surface area contributed by atoms with E-state index in [9.17, 15) is 4.79 Å². The number of anilines is 1. The zero-order valence-electron chi connectivity index (χ0n) is 11.7. The molecule has 2 fully saturated rings. The number of halogens is 1. The maximum Gasteiger partial charge on any atom is 0.223 e. The average molecular weight is 338 g/mol. The van der Waals surface area contributed by atoms with Crippen molar-refractivity contribution in [2.45, 2.75) is 31.8 Å². The van der Waals surface area contributed by atoms with Gasteiger partial charge in [-0.05, 0) is 31.0 Å².